The first kappa shape index (κ1) is 38.6. The first-order valence-corrected chi connectivity index (χ1v) is 23.5. The number of benzene rings is 10. The first-order valence-electron chi connectivity index (χ1n) is 23.5. The van der Waals surface area contributed by atoms with Crippen LogP contribution in [0.2, 0.25) is 0 Å². The number of rotatable bonds is 6. The average molecular weight is 896 g/mol. The van der Waals surface area contributed by atoms with Gasteiger partial charge in [0.25, 0.3) is 0 Å². The van der Waals surface area contributed by atoms with E-state index >= 15 is 0 Å². The van der Waals surface area contributed by atoms with Gasteiger partial charge in [0.15, 0.2) is 5.82 Å². The van der Waals surface area contributed by atoms with E-state index in [-0.39, 0.29) is 0 Å². The second-order valence-electron chi connectivity index (χ2n) is 18.0. The Hall–Kier alpha value is -9.52. The normalized spacial score (nSPS) is 12.0. The van der Waals surface area contributed by atoms with Gasteiger partial charge in [-0.3, -0.25) is 0 Å². The first-order chi connectivity index (χ1) is 34.7. The predicted octanol–water partition coefficient (Wildman–Crippen LogP) is 17.6. The van der Waals surface area contributed by atoms with E-state index in [1.165, 1.54) is 16.3 Å². The third kappa shape index (κ3) is 5.93. The van der Waals surface area contributed by atoms with Crippen molar-refractivity contribution in [2.24, 2.45) is 0 Å². The van der Waals surface area contributed by atoms with Gasteiger partial charge >= 0.3 is 0 Å². The van der Waals surface area contributed by atoms with E-state index in [1.807, 2.05) is 54.6 Å². The van der Waals surface area contributed by atoms with Gasteiger partial charge in [0.05, 0.1) is 22.4 Å². The van der Waals surface area contributed by atoms with Crippen LogP contribution in [-0.4, -0.2) is 14.5 Å². The summed E-state index contributed by atoms with van der Waals surface area (Å²) in [4.78, 5) is 10.5. The van der Waals surface area contributed by atoms with Gasteiger partial charge in [-0.05, 0) is 107 Å². The van der Waals surface area contributed by atoms with Crippen LogP contribution in [0.4, 0.5) is 0 Å². The molecule has 70 heavy (non-hydrogen) atoms. The lowest BCUT2D eigenvalue weighted by molar-refractivity contribution is 0.668. The number of para-hydroxylation sites is 4. The minimum absolute atomic E-state index is 0.636. The molecular weight excluding hydrogens is 859 g/mol. The van der Waals surface area contributed by atoms with Crippen molar-refractivity contribution >= 4 is 87.6 Å². The van der Waals surface area contributed by atoms with E-state index in [0.29, 0.717) is 5.82 Å². The zero-order valence-corrected chi connectivity index (χ0v) is 37.4. The van der Waals surface area contributed by atoms with Crippen molar-refractivity contribution in [3.05, 3.63) is 224 Å². The van der Waals surface area contributed by atoms with Crippen LogP contribution in [0.1, 0.15) is 0 Å². The minimum atomic E-state index is 0.636. The largest absolute Gasteiger partial charge is 0.456 e. The second kappa shape index (κ2) is 15.0. The summed E-state index contributed by atoms with van der Waals surface area (Å²) in [6, 6.07) is 78.5. The highest BCUT2D eigenvalue weighted by Crippen LogP contribution is 2.45. The molecule has 15 rings (SSSR count). The summed E-state index contributed by atoms with van der Waals surface area (Å²) in [5.41, 5.74) is 17.1. The molecule has 15 aromatic rings. The van der Waals surface area contributed by atoms with E-state index in [2.05, 4.69) is 174 Å². The lowest BCUT2D eigenvalue weighted by Gasteiger charge is -2.11. The third-order valence-electron chi connectivity index (χ3n) is 14.0. The number of furan rings is 3. The second-order valence-corrected chi connectivity index (χ2v) is 18.0. The minimum Gasteiger partial charge on any atom is -0.456 e. The van der Waals surface area contributed by atoms with E-state index in [4.69, 9.17) is 23.2 Å². The van der Waals surface area contributed by atoms with Crippen molar-refractivity contribution in [1.29, 1.82) is 0 Å². The monoisotopic (exact) mass is 895 g/mol. The van der Waals surface area contributed by atoms with Crippen LogP contribution in [0, 0.1) is 0 Å². The van der Waals surface area contributed by atoms with Crippen LogP contribution in [-0.2, 0) is 0 Å². The smallest absolute Gasteiger partial charge is 0.160 e. The predicted molar refractivity (Wildman–Crippen MR) is 285 cm³/mol. The zero-order valence-electron chi connectivity index (χ0n) is 37.4. The van der Waals surface area contributed by atoms with Crippen LogP contribution in [0.25, 0.3) is 149 Å². The average Bonchev–Trinajstić information content (AvgIpc) is 4.19. The fourth-order valence-electron chi connectivity index (χ4n) is 10.8. The number of nitrogens with zero attached hydrogens (tertiary/aromatic N) is 3. The lowest BCUT2D eigenvalue weighted by atomic mass is 9.93. The highest BCUT2D eigenvalue weighted by molar-refractivity contribution is 6.17. The molecule has 0 atom stereocenters. The molecule has 6 heteroatoms. The van der Waals surface area contributed by atoms with Gasteiger partial charge in [-0.2, -0.15) is 0 Å². The summed E-state index contributed by atoms with van der Waals surface area (Å²) >= 11 is 0. The number of hydrogen-bond acceptors (Lipinski definition) is 5. The Morgan fingerprint density at radius 2 is 0.886 bits per heavy atom. The van der Waals surface area contributed by atoms with Crippen LogP contribution >= 0.6 is 0 Å². The van der Waals surface area contributed by atoms with Crippen LogP contribution in [0.5, 0.6) is 0 Å². The Labute approximate surface area is 399 Å². The van der Waals surface area contributed by atoms with Gasteiger partial charge in [0, 0.05) is 65.5 Å². The summed E-state index contributed by atoms with van der Waals surface area (Å²) in [6.45, 7) is 0. The Bertz CT molecular complexity index is 4590. The Kier molecular flexibility index (Phi) is 8.26. The summed E-state index contributed by atoms with van der Waals surface area (Å²) in [5.74, 6) is 0.636. The SMILES string of the molecule is c1ccc(-c2nc(-c3ccc4c(c3)oc3ccccc34)cc(-c3cccc4oc5ccc(-c6cc(-c7ccc8c9ccccc9n(-c9ccccc9)c8c7)cc7oc8ccccc8c67)cc5c34)n2)cc1. The van der Waals surface area contributed by atoms with Gasteiger partial charge in [-0.25, -0.2) is 9.97 Å². The maximum Gasteiger partial charge on any atom is 0.160 e. The Morgan fingerprint density at radius 3 is 1.76 bits per heavy atom. The van der Waals surface area contributed by atoms with Crippen molar-refractivity contribution in [3.63, 3.8) is 0 Å². The van der Waals surface area contributed by atoms with Gasteiger partial charge in [-0.15, -0.1) is 0 Å². The fourth-order valence-corrected chi connectivity index (χ4v) is 10.8. The molecule has 0 saturated carbocycles. The molecule has 5 aromatic heterocycles. The van der Waals surface area contributed by atoms with E-state index in [1.54, 1.807) is 0 Å². The Morgan fingerprint density at radius 1 is 0.286 bits per heavy atom. The third-order valence-corrected chi connectivity index (χ3v) is 14.0. The van der Waals surface area contributed by atoms with Crippen LogP contribution in [0.15, 0.2) is 238 Å². The van der Waals surface area contributed by atoms with Crippen molar-refractivity contribution in [3.8, 4) is 61.8 Å². The van der Waals surface area contributed by atoms with Crippen LogP contribution < -0.4 is 0 Å². The number of hydrogen-bond donors (Lipinski definition) is 0. The molecule has 0 unspecified atom stereocenters. The van der Waals surface area contributed by atoms with Crippen molar-refractivity contribution in [1.82, 2.24) is 14.5 Å². The zero-order chi connectivity index (χ0) is 45.9. The molecular formula is C64H37N3O3. The molecule has 0 amide bonds. The maximum atomic E-state index is 6.72. The van der Waals surface area contributed by atoms with Crippen molar-refractivity contribution in [2.45, 2.75) is 0 Å². The van der Waals surface area contributed by atoms with Crippen molar-refractivity contribution in [2.75, 3.05) is 0 Å². The quantitative estimate of drug-likeness (QED) is 0.166. The van der Waals surface area contributed by atoms with Crippen LogP contribution in [0.3, 0.4) is 0 Å². The summed E-state index contributed by atoms with van der Waals surface area (Å²) in [7, 11) is 0. The molecule has 0 saturated heterocycles. The highest BCUT2D eigenvalue weighted by atomic mass is 16.3. The van der Waals surface area contributed by atoms with Gasteiger partial charge in [0.2, 0.25) is 0 Å². The van der Waals surface area contributed by atoms with Gasteiger partial charge in [0.1, 0.15) is 33.5 Å². The molecule has 0 spiro atoms. The molecule has 0 bridgehead atoms. The lowest BCUT2D eigenvalue weighted by Crippen LogP contribution is -1.96. The Balaban J connectivity index is 0.930. The molecule has 0 aliphatic heterocycles. The molecule has 326 valence electrons. The fraction of sp³-hybridized carbons (Fsp3) is 0. The molecule has 6 nitrogen and oxygen atoms in total. The molecule has 0 aliphatic carbocycles. The molecule has 0 fully saturated rings. The summed E-state index contributed by atoms with van der Waals surface area (Å²) < 4.78 is 22.1. The number of fused-ring (bicyclic) bond motifs is 12. The highest BCUT2D eigenvalue weighted by Gasteiger charge is 2.21. The molecule has 0 aliphatic rings. The summed E-state index contributed by atoms with van der Waals surface area (Å²) in [5, 5.41) is 8.71. The van der Waals surface area contributed by atoms with Crippen molar-refractivity contribution < 1.29 is 13.3 Å². The molecule has 0 radical (unpaired) electrons. The molecule has 0 N–H and O–H groups in total. The van der Waals surface area contributed by atoms with Gasteiger partial charge in [-0.1, -0.05) is 140 Å². The van der Waals surface area contributed by atoms with E-state index in [9.17, 15) is 0 Å². The summed E-state index contributed by atoms with van der Waals surface area (Å²) in [6.07, 6.45) is 0. The van der Waals surface area contributed by atoms with E-state index in [0.717, 1.165) is 127 Å². The standard InChI is InChI=1S/C64H37N3O3/c1-3-14-38(15-4-1)64-65-52(41-27-30-47-46-19-8-11-23-56(46)69-60(47)35-41)37-53(66-64)48-21-13-25-59-62(48)51-32-40(28-31-58(51)68-59)50-33-42(36-61-63(50)49-20-9-12-24-57(49)70-61)39-26-29-45-44-18-7-10-22-54(44)67(55(45)34-39)43-16-5-2-6-17-43/h1-37H. The topological polar surface area (TPSA) is 70.1 Å². The number of aromatic nitrogens is 3. The maximum absolute atomic E-state index is 6.72. The molecule has 5 heterocycles. The van der Waals surface area contributed by atoms with Gasteiger partial charge < -0.3 is 17.8 Å². The molecule has 10 aromatic carbocycles. The van der Waals surface area contributed by atoms with E-state index < -0.39 is 0 Å².